The number of amides is 2. The van der Waals surface area contributed by atoms with Crippen molar-refractivity contribution in [3.8, 4) is 17.2 Å². The summed E-state index contributed by atoms with van der Waals surface area (Å²) in [5.74, 6) is -0.537. The standard InChI is InChI=1S/C17H17F3N2O4/c1-24-14-5-3-10(7-15(14)25-2)9-21-17(23)22-11-4-6-13(12(18)8-11)26-16(19)20/h3-8,16H,9H2,1-2H3,(H2,21,22,23). The zero-order chi connectivity index (χ0) is 19.1. The predicted molar refractivity (Wildman–Crippen MR) is 88.4 cm³/mol. The maximum Gasteiger partial charge on any atom is 0.387 e. The molecule has 2 aromatic rings. The van der Waals surface area contributed by atoms with Crippen LogP contribution < -0.4 is 24.8 Å². The molecule has 9 heteroatoms. The van der Waals surface area contributed by atoms with Crippen LogP contribution in [0.25, 0.3) is 0 Å². The molecule has 0 fully saturated rings. The van der Waals surface area contributed by atoms with Crippen molar-refractivity contribution < 1.29 is 32.2 Å². The van der Waals surface area contributed by atoms with Crippen molar-refractivity contribution in [1.29, 1.82) is 0 Å². The average Bonchev–Trinajstić information content (AvgIpc) is 2.61. The summed E-state index contributed by atoms with van der Waals surface area (Å²) in [6.07, 6.45) is 0. The molecular weight excluding hydrogens is 353 g/mol. The van der Waals surface area contributed by atoms with Gasteiger partial charge in [-0.3, -0.25) is 0 Å². The summed E-state index contributed by atoms with van der Waals surface area (Å²) in [7, 11) is 3.01. The number of nitrogens with one attached hydrogen (secondary N) is 2. The van der Waals surface area contributed by atoms with E-state index in [1.54, 1.807) is 18.2 Å². The van der Waals surface area contributed by atoms with Gasteiger partial charge in [0.2, 0.25) is 0 Å². The fourth-order valence-corrected chi connectivity index (χ4v) is 2.12. The Kier molecular flexibility index (Phi) is 6.54. The molecular formula is C17H17F3N2O4. The van der Waals surface area contributed by atoms with Crippen LogP contribution in [0.5, 0.6) is 17.2 Å². The Labute approximate surface area is 147 Å². The lowest BCUT2D eigenvalue weighted by molar-refractivity contribution is -0.0521. The number of rotatable bonds is 7. The van der Waals surface area contributed by atoms with E-state index in [1.807, 2.05) is 0 Å². The minimum Gasteiger partial charge on any atom is -0.493 e. The van der Waals surface area contributed by atoms with Gasteiger partial charge in [0.1, 0.15) is 0 Å². The molecule has 26 heavy (non-hydrogen) atoms. The van der Waals surface area contributed by atoms with Crippen molar-refractivity contribution in [3.63, 3.8) is 0 Å². The molecule has 0 saturated heterocycles. The maximum atomic E-state index is 13.6. The highest BCUT2D eigenvalue weighted by molar-refractivity contribution is 5.89. The first-order valence-corrected chi connectivity index (χ1v) is 7.43. The number of carbonyl (C=O) groups is 1. The molecule has 0 aromatic heterocycles. The molecule has 6 nitrogen and oxygen atoms in total. The van der Waals surface area contributed by atoms with Gasteiger partial charge in [0, 0.05) is 18.3 Å². The molecule has 0 radical (unpaired) electrons. The van der Waals surface area contributed by atoms with Crippen LogP contribution in [0.15, 0.2) is 36.4 Å². The van der Waals surface area contributed by atoms with E-state index in [-0.39, 0.29) is 12.2 Å². The van der Waals surface area contributed by atoms with Crippen LogP contribution in [0, 0.1) is 5.82 Å². The molecule has 2 N–H and O–H groups in total. The lowest BCUT2D eigenvalue weighted by Gasteiger charge is -2.11. The number of carbonyl (C=O) groups excluding carboxylic acids is 1. The number of halogens is 3. The number of hydrogen-bond acceptors (Lipinski definition) is 4. The molecule has 0 aliphatic carbocycles. The molecule has 0 atom stereocenters. The fraction of sp³-hybridized carbons (Fsp3) is 0.235. The van der Waals surface area contributed by atoms with E-state index in [4.69, 9.17) is 9.47 Å². The second-order valence-corrected chi connectivity index (χ2v) is 5.02. The van der Waals surface area contributed by atoms with E-state index in [9.17, 15) is 18.0 Å². The Morgan fingerprint density at radius 3 is 2.35 bits per heavy atom. The predicted octanol–water partition coefficient (Wildman–Crippen LogP) is 3.77. The average molecular weight is 370 g/mol. The molecule has 0 heterocycles. The summed E-state index contributed by atoms with van der Waals surface area (Å²) < 4.78 is 52.1. The normalized spacial score (nSPS) is 10.4. The quantitative estimate of drug-likeness (QED) is 0.779. The van der Waals surface area contributed by atoms with Crippen LogP contribution >= 0.6 is 0 Å². The smallest absolute Gasteiger partial charge is 0.387 e. The van der Waals surface area contributed by atoms with Gasteiger partial charge in [0.25, 0.3) is 0 Å². The highest BCUT2D eigenvalue weighted by Crippen LogP contribution is 2.27. The molecule has 0 bridgehead atoms. The minimum absolute atomic E-state index is 0.0916. The van der Waals surface area contributed by atoms with E-state index in [0.29, 0.717) is 11.5 Å². The third kappa shape index (κ3) is 5.20. The minimum atomic E-state index is -3.13. The van der Waals surface area contributed by atoms with E-state index in [1.165, 1.54) is 20.3 Å². The Morgan fingerprint density at radius 2 is 1.73 bits per heavy atom. The highest BCUT2D eigenvalue weighted by Gasteiger charge is 2.11. The van der Waals surface area contributed by atoms with Crippen LogP contribution in [0.4, 0.5) is 23.7 Å². The van der Waals surface area contributed by atoms with Crippen LogP contribution in [0.2, 0.25) is 0 Å². The zero-order valence-electron chi connectivity index (χ0n) is 14.0. The lowest BCUT2D eigenvalue weighted by Crippen LogP contribution is -2.28. The van der Waals surface area contributed by atoms with E-state index in [2.05, 4.69) is 15.4 Å². The summed E-state index contributed by atoms with van der Waals surface area (Å²) in [6, 6.07) is 7.69. The molecule has 2 amide bonds. The number of urea groups is 1. The van der Waals surface area contributed by atoms with E-state index >= 15 is 0 Å². The summed E-state index contributed by atoms with van der Waals surface area (Å²) >= 11 is 0. The largest absolute Gasteiger partial charge is 0.493 e. The number of alkyl halides is 2. The first-order chi connectivity index (χ1) is 12.4. The third-order valence-corrected chi connectivity index (χ3v) is 3.31. The van der Waals surface area contributed by atoms with Gasteiger partial charge in [-0.25, -0.2) is 9.18 Å². The lowest BCUT2D eigenvalue weighted by atomic mass is 10.2. The van der Waals surface area contributed by atoms with E-state index in [0.717, 1.165) is 17.7 Å². The van der Waals surface area contributed by atoms with Crippen LogP contribution in [-0.2, 0) is 6.54 Å². The molecule has 0 aliphatic heterocycles. The highest BCUT2D eigenvalue weighted by atomic mass is 19.3. The fourth-order valence-electron chi connectivity index (χ4n) is 2.12. The van der Waals surface area contributed by atoms with Crippen LogP contribution in [0.3, 0.4) is 0 Å². The number of anilines is 1. The van der Waals surface area contributed by atoms with Crippen molar-refractivity contribution in [2.24, 2.45) is 0 Å². The maximum absolute atomic E-state index is 13.6. The number of benzene rings is 2. The monoisotopic (exact) mass is 370 g/mol. The molecule has 140 valence electrons. The first kappa shape index (κ1) is 19.2. The number of hydrogen-bond donors (Lipinski definition) is 2. The topological polar surface area (TPSA) is 68.8 Å². The molecule has 0 unspecified atom stereocenters. The van der Waals surface area contributed by atoms with Gasteiger partial charge in [0.15, 0.2) is 23.1 Å². The Hall–Kier alpha value is -3.10. The van der Waals surface area contributed by atoms with Gasteiger partial charge in [-0.15, -0.1) is 0 Å². The molecule has 2 rings (SSSR count). The molecule has 2 aromatic carbocycles. The Balaban J connectivity index is 1.94. The summed E-state index contributed by atoms with van der Waals surface area (Å²) in [5.41, 5.74) is 0.846. The van der Waals surface area contributed by atoms with E-state index < -0.39 is 24.2 Å². The second-order valence-electron chi connectivity index (χ2n) is 5.02. The van der Waals surface area contributed by atoms with Crippen molar-refractivity contribution in [1.82, 2.24) is 5.32 Å². The molecule has 0 spiro atoms. The van der Waals surface area contributed by atoms with Gasteiger partial charge in [-0.2, -0.15) is 8.78 Å². The van der Waals surface area contributed by atoms with Crippen LogP contribution in [0.1, 0.15) is 5.56 Å². The third-order valence-electron chi connectivity index (χ3n) is 3.31. The number of methoxy groups -OCH3 is 2. The van der Waals surface area contributed by atoms with Gasteiger partial charge >= 0.3 is 12.6 Å². The SMILES string of the molecule is COc1ccc(CNC(=O)Nc2ccc(OC(F)F)c(F)c2)cc1OC. The van der Waals surface area contributed by atoms with Gasteiger partial charge in [-0.05, 0) is 29.8 Å². The van der Waals surface area contributed by atoms with Gasteiger partial charge < -0.3 is 24.8 Å². The Morgan fingerprint density at radius 1 is 1.04 bits per heavy atom. The second kappa shape index (κ2) is 8.84. The van der Waals surface area contributed by atoms with Gasteiger partial charge in [-0.1, -0.05) is 6.07 Å². The summed E-state index contributed by atoms with van der Waals surface area (Å²) in [5, 5.41) is 4.98. The Bertz CT molecular complexity index is 772. The van der Waals surface area contributed by atoms with Crippen molar-refractivity contribution >= 4 is 11.7 Å². The first-order valence-electron chi connectivity index (χ1n) is 7.43. The zero-order valence-corrected chi connectivity index (χ0v) is 14.0. The van der Waals surface area contributed by atoms with Crippen LogP contribution in [-0.4, -0.2) is 26.9 Å². The summed E-state index contributed by atoms with van der Waals surface area (Å²) in [4.78, 5) is 11.9. The van der Waals surface area contributed by atoms with Crippen molar-refractivity contribution in [2.45, 2.75) is 13.2 Å². The molecule has 0 saturated carbocycles. The van der Waals surface area contributed by atoms with Crippen molar-refractivity contribution in [2.75, 3.05) is 19.5 Å². The number of ether oxygens (including phenoxy) is 3. The summed E-state index contributed by atoms with van der Waals surface area (Å²) in [6.45, 7) is -2.95. The molecule has 0 aliphatic rings. The van der Waals surface area contributed by atoms with Crippen molar-refractivity contribution in [3.05, 3.63) is 47.8 Å². The van der Waals surface area contributed by atoms with Gasteiger partial charge in [0.05, 0.1) is 14.2 Å².